The molecule has 0 saturated heterocycles. The first-order chi connectivity index (χ1) is 11.1. The number of fused-ring (bicyclic) bond motifs is 1. The van der Waals surface area contributed by atoms with Crippen molar-refractivity contribution >= 4 is 29.1 Å². The molecule has 6 nitrogen and oxygen atoms in total. The molecule has 2 heterocycles. The summed E-state index contributed by atoms with van der Waals surface area (Å²) in [6, 6.07) is 8.49. The lowest BCUT2D eigenvalue weighted by atomic mass is 10.1. The predicted octanol–water partition coefficient (Wildman–Crippen LogP) is 2.59. The second-order valence-electron chi connectivity index (χ2n) is 5.20. The van der Waals surface area contributed by atoms with Crippen molar-refractivity contribution in [2.75, 3.05) is 11.9 Å². The summed E-state index contributed by atoms with van der Waals surface area (Å²) in [6.45, 7) is 0.407. The van der Waals surface area contributed by atoms with E-state index < -0.39 is 5.92 Å². The molecule has 0 fully saturated rings. The molecule has 23 heavy (non-hydrogen) atoms. The van der Waals surface area contributed by atoms with E-state index in [1.165, 1.54) is 6.26 Å². The molecule has 2 amide bonds. The highest BCUT2D eigenvalue weighted by molar-refractivity contribution is 6.30. The Morgan fingerprint density at radius 3 is 3.04 bits per heavy atom. The van der Waals surface area contributed by atoms with Gasteiger partial charge in [0.05, 0.1) is 24.4 Å². The summed E-state index contributed by atoms with van der Waals surface area (Å²) in [7, 11) is 0. The number of hydrogen-bond donors (Lipinski definition) is 2. The number of halogens is 1. The topological polar surface area (TPSA) is 80.6 Å². The number of anilines is 1. The van der Waals surface area contributed by atoms with Crippen LogP contribution < -0.4 is 15.4 Å². The highest BCUT2D eigenvalue weighted by Gasteiger charge is 2.27. The Bertz CT molecular complexity index is 715. The number of furan rings is 1. The van der Waals surface area contributed by atoms with Gasteiger partial charge in [-0.1, -0.05) is 11.6 Å². The molecule has 0 radical (unpaired) electrons. The van der Waals surface area contributed by atoms with Crippen LogP contribution in [0.5, 0.6) is 5.75 Å². The summed E-state index contributed by atoms with van der Waals surface area (Å²) in [4.78, 5) is 24.2. The molecular formula is C16H15ClN2O4. The lowest BCUT2D eigenvalue weighted by Crippen LogP contribution is -2.32. The van der Waals surface area contributed by atoms with E-state index in [1.54, 1.807) is 30.3 Å². The number of carbonyl (C=O) groups is 2. The molecule has 2 aromatic rings. The van der Waals surface area contributed by atoms with Gasteiger partial charge in [0.2, 0.25) is 11.8 Å². The minimum Gasteiger partial charge on any atom is -0.491 e. The second kappa shape index (κ2) is 6.75. The predicted molar refractivity (Wildman–Crippen MR) is 84.2 cm³/mol. The lowest BCUT2D eigenvalue weighted by Gasteiger charge is -2.12. The van der Waals surface area contributed by atoms with Crippen LogP contribution in [0.2, 0.25) is 5.02 Å². The van der Waals surface area contributed by atoms with Crippen LogP contribution in [0, 0.1) is 5.92 Å². The fourth-order valence-corrected chi connectivity index (χ4v) is 2.43. The maximum absolute atomic E-state index is 12.2. The number of amides is 2. The Labute approximate surface area is 137 Å². The van der Waals surface area contributed by atoms with Gasteiger partial charge in [-0.2, -0.15) is 0 Å². The minimum absolute atomic E-state index is 0.0360. The fourth-order valence-electron chi connectivity index (χ4n) is 2.27. The van der Waals surface area contributed by atoms with E-state index >= 15 is 0 Å². The Morgan fingerprint density at radius 1 is 1.39 bits per heavy atom. The highest BCUT2D eigenvalue weighted by Crippen LogP contribution is 2.31. The smallest absolute Gasteiger partial charge is 0.231 e. The first-order valence-electron chi connectivity index (χ1n) is 7.14. The van der Waals surface area contributed by atoms with E-state index in [-0.39, 0.29) is 31.4 Å². The summed E-state index contributed by atoms with van der Waals surface area (Å²) < 4.78 is 10.7. The van der Waals surface area contributed by atoms with Gasteiger partial charge in [-0.15, -0.1) is 0 Å². The van der Waals surface area contributed by atoms with Crippen molar-refractivity contribution in [1.82, 2.24) is 5.32 Å². The molecule has 0 aliphatic carbocycles. The van der Waals surface area contributed by atoms with Crippen LogP contribution in [0.4, 0.5) is 5.69 Å². The van der Waals surface area contributed by atoms with E-state index in [0.717, 1.165) is 0 Å². The number of nitrogens with one attached hydrogen (secondary N) is 2. The number of rotatable bonds is 4. The summed E-state index contributed by atoms with van der Waals surface area (Å²) in [5, 5.41) is 5.99. The molecule has 1 atom stereocenters. The Morgan fingerprint density at radius 2 is 2.26 bits per heavy atom. The van der Waals surface area contributed by atoms with Crippen molar-refractivity contribution in [3.8, 4) is 5.75 Å². The van der Waals surface area contributed by atoms with Crippen molar-refractivity contribution in [2.24, 2.45) is 5.92 Å². The van der Waals surface area contributed by atoms with Gasteiger partial charge in [0, 0.05) is 17.5 Å². The Kier molecular flexibility index (Phi) is 4.52. The molecular weight excluding hydrogens is 320 g/mol. The molecule has 1 aromatic heterocycles. The van der Waals surface area contributed by atoms with Gasteiger partial charge in [0.25, 0.3) is 0 Å². The van der Waals surface area contributed by atoms with Crippen LogP contribution in [0.3, 0.4) is 0 Å². The summed E-state index contributed by atoms with van der Waals surface area (Å²) in [6.07, 6.45) is 1.57. The van der Waals surface area contributed by atoms with E-state index in [2.05, 4.69) is 10.6 Å². The van der Waals surface area contributed by atoms with Crippen LogP contribution in [0.25, 0.3) is 0 Å². The van der Waals surface area contributed by atoms with E-state index in [4.69, 9.17) is 20.8 Å². The largest absolute Gasteiger partial charge is 0.491 e. The highest BCUT2D eigenvalue weighted by atomic mass is 35.5. The molecule has 1 unspecified atom stereocenters. The third-order valence-corrected chi connectivity index (χ3v) is 3.72. The third-order valence-electron chi connectivity index (χ3n) is 3.48. The molecule has 0 saturated carbocycles. The van der Waals surface area contributed by atoms with Gasteiger partial charge in [-0.25, -0.2) is 0 Å². The molecule has 0 bridgehead atoms. The third kappa shape index (κ3) is 3.84. The average molecular weight is 335 g/mol. The van der Waals surface area contributed by atoms with Gasteiger partial charge in [-0.05, 0) is 24.3 Å². The molecule has 1 aliphatic rings. The van der Waals surface area contributed by atoms with Crippen LogP contribution >= 0.6 is 11.6 Å². The van der Waals surface area contributed by atoms with E-state index in [1.807, 2.05) is 0 Å². The molecule has 1 aromatic carbocycles. The van der Waals surface area contributed by atoms with Crippen LogP contribution in [0.15, 0.2) is 41.0 Å². The zero-order valence-corrected chi connectivity index (χ0v) is 12.9. The first kappa shape index (κ1) is 15.4. The second-order valence-corrected chi connectivity index (χ2v) is 5.63. The zero-order valence-electron chi connectivity index (χ0n) is 12.2. The van der Waals surface area contributed by atoms with E-state index in [0.29, 0.717) is 22.2 Å². The number of benzene rings is 1. The SMILES string of the molecule is O=C(CC1COc2cc(Cl)ccc2NC1=O)NCc1ccco1. The van der Waals surface area contributed by atoms with Gasteiger partial charge < -0.3 is 19.8 Å². The maximum Gasteiger partial charge on any atom is 0.231 e. The van der Waals surface area contributed by atoms with Gasteiger partial charge in [0.1, 0.15) is 18.1 Å². The maximum atomic E-state index is 12.2. The van der Waals surface area contributed by atoms with Crippen LogP contribution in [-0.2, 0) is 16.1 Å². The normalized spacial score (nSPS) is 16.7. The van der Waals surface area contributed by atoms with Crippen molar-refractivity contribution in [2.45, 2.75) is 13.0 Å². The monoisotopic (exact) mass is 334 g/mol. The van der Waals surface area contributed by atoms with Crippen molar-refractivity contribution in [3.63, 3.8) is 0 Å². The van der Waals surface area contributed by atoms with Gasteiger partial charge in [-0.3, -0.25) is 9.59 Å². The Hall–Kier alpha value is -2.47. The summed E-state index contributed by atoms with van der Waals surface area (Å²) >= 11 is 5.91. The van der Waals surface area contributed by atoms with Crippen molar-refractivity contribution in [3.05, 3.63) is 47.4 Å². The van der Waals surface area contributed by atoms with Gasteiger partial charge in [0.15, 0.2) is 0 Å². The van der Waals surface area contributed by atoms with Crippen LogP contribution in [0.1, 0.15) is 12.2 Å². The molecule has 3 rings (SSSR count). The quantitative estimate of drug-likeness (QED) is 0.900. The van der Waals surface area contributed by atoms with E-state index in [9.17, 15) is 9.59 Å². The first-order valence-corrected chi connectivity index (χ1v) is 7.52. The average Bonchev–Trinajstić information content (AvgIpc) is 3.00. The molecule has 7 heteroatoms. The standard InChI is InChI=1S/C16H15ClN2O4/c17-11-3-4-13-14(7-11)23-9-10(16(21)19-13)6-15(20)18-8-12-2-1-5-22-12/h1-5,7,10H,6,8-9H2,(H,18,20)(H,19,21). The summed E-state index contributed by atoms with van der Waals surface area (Å²) in [5.74, 6) is 0.0949. The zero-order chi connectivity index (χ0) is 16.2. The van der Waals surface area contributed by atoms with Gasteiger partial charge >= 0.3 is 0 Å². The fraction of sp³-hybridized carbons (Fsp3) is 0.250. The Balaban J connectivity index is 1.58. The molecule has 120 valence electrons. The number of hydrogen-bond acceptors (Lipinski definition) is 4. The van der Waals surface area contributed by atoms with Crippen LogP contribution in [-0.4, -0.2) is 18.4 Å². The minimum atomic E-state index is -0.572. The summed E-state index contributed by atoms with van der Waals surface area (Å²) in [5.41, 5.74) is 0.554. The van der Waals surface area contributed by atoms with Crippen molar-refractivity contribution < 1.29 is 18.7 Å². The number of ether oxygens (including phenoxy) is 1. The molecule has 2 N–H and O–H groups in total. The molecule has 0 spiro atoms. The van der Waals surface area contributed by atoms with Crippen molar-refractivity contribution in [1.29, 1.82) is 0 Å². The lowest BCUT2D eigenvalue weighted by molar-refractivity contribution is -0.128. The number of carbonyl (C=O) groups excluding carboxylic acids is 2. The molecule has 1 aliphatic heterocycles.